The zero-order valence-corrected chi connectivity index (χ0v) is 17.8. The first-order valence-corrected chi connectivity index (χ1v) is 10.7. The van der Waals surface area contributed by atoms with E-state index in [9.17, 15) is 9.59 Å². The smallest absolute Gasteiger partial charge is 0.316 e. The van der Waals surface area contributed by atoms with Crippen LogP contribution in [0.3, 0.4) is 0 Å². The van der Waals surface area contributed by atoms with E-state index >= 15 is 0 Å². The molecule has 0 spiro atoms. The number of nitrogens with one attached hydrogen (secondary N) is 1. The highest BCUT2D eigenvalue weighted by molar-refractivity contribution is 8.00. The van der Waals surface area contributed by atoms with Crippen LogP contribution in [-0.2, 0) is 14.3 Å². The van der Waals surface area contributed by atoms with Crippen LogP contribution in [0.5, 0.6) is 0 Å². The zero-order chi connectivity index (χ0) is 20.8. The second kappa shape index (κ2) is 9.81. The van der Waals surface area contributed by atoms with Gasteiger partial charge in [0.25, 0.3) is 5.91 Å². The molecular weight excluding hydrogens is 406 g/mol. The number of carbonyl (C=O) groups is 2. The lowest BCUT2D eigenvalue weighted by Gasteiger charge is -2.13. The van der Waals surface area contributed by atoms with Gasteiger partial charge in [0.2, 0.25) is 0 Å². The summed E-state index contributed by atoms with van der Waals surface area (Å²) in [5.74, 6) is -0.436. The highest BCUT2D eigenvalue weighted by Crippen LogP contribution is 2.33. The Balaban J connectivity index is 1.54. The number of ether oxygens (including phenoxy) is 1. The third-order valence-electron chi connectivity index (χ3n) is 4.38. The molecule has 0 saturated carbocycles. The predicted molar refractivity (Wildman–Crippen MR) is 120 cm³/mol. The van der Waals surface area contributed by atoms with Gasteiger partial charge < -0.3 is 10.1 Å². The van der Waals surface area contributed by atoms with Crippen molar-refractivity contribution in [3.63, 3.8) is 0 Å². The minimum absolute atomic E-state index is 0.0974. The second-order valence-corrected chi connectivity index (χ2v) is 8.26. The van der Waals surface area contributed by atoms with E-state index in [4.69, 9.17) is 16.3 Å². The quantitative estimate of drug-likeness (QED) is 0.377. The van der Waals surface area contributed by atoms with Crippen molar-refractivity contribution < 1.29 is 14.3 Å². The van der Waals surface area contributed by atoms with Crippen LogP contribution in [-0.4, -0.2) is 24.2 Å². The molecule has 4 nitrogen and oxygen atoms in total. The Hall–Kier alpha value is -2.50. The van der Waals surface area contributed by atoms with E-state index in [1.54, 1.807) is 0 Å². The van der Waals surface area contributed by atoms with E-state index < -0.39 is 5.97 Å². The summed E-state index contributed by atoms with van der Waals surface area (Å²) in [6.45, 7) is 3.80. The van der Waals surface area contributed by atoms with E-state index in [0.717, 1.165) is 26.9 Å². The average Bonchev–Trinajstić information content (AvgIpc) is 2.71. The normalized spacial score (nSPS) is 10.9. The lowest BCUT2D eigenvalue weighted by atomic mass is 10.0. The maximum Gasteiger partial charge on any atom is 0.316 e. The number of para-hydroxylation sites is 1. The molecule has 6 heteroatoms. The number of anilines is 1. The van der Waals surface area contributed by atoms with E-state index in [1.165, 1.54) is 11.8 Å². The van der Waals surface area contributed by atoms with Crippen molar-refractivity contribution >= 4 is 51.7 Å². The largest absolute Gasteiger partial charge is 0.455 e. The molecule has 0 unspecified atom stereocenters. The summed E-state index contributed by atoms with van der Waals surface area (Å²) in [7, 11) is 0. The summed E-state index contributed by atoms with van der Waals surface area (Å²) in [5.41, 5.74) is 1.78. The van der Waals surface area contributed by atoms with Crippen molar-refractivity contribution in [3.05, 3.63) is 71.2 Å². The van der Waals surface area contributed by atoms with Crippen LogP contribution in [0, 0.1) is 0 Å². The number of carbonyl (C=O) groups excluding carboxylic acids is 2. The molecule has 150 valence electrons. The Labute approximate surface area is 179 Å². The molecular formula is C23H22ClNO3S. The van der Waals surface area contributed by atoms with Gasteiger partial charge in [-0.05, 0) is 35.1 Å². The number of esters is 1. The Morgan fingerprint density at radius 1 is 1.03 bits per heavy atom. The molecule has 0 radical (unpaired) electrons. The van der Waals surface area contributed by atoms with Crippen LogP contribution in [0.4, 0.5) is 5.69 Å². The maximum atomic E-state index is 12.2. The number of benzene rings is 3. The van der Waals surface area contributed by atoms with Crippen LogP contribution in [0.15, 0.2) is 65.6 Å². The van der Waals surface area contributed by atoms with E-state index in [-0.39, 0.29) is 24.2 Å². The van der Waals surface area contributed by atoms with Gasteiger partial charge >= 0.3 is 5.97 Å². The number of thioether (sulfide) groups is 1. The summed E-state index contributed by atoms with van der Waals surface area (Å²) >= 11 is 7.65. The maximum absolute atomic E-state index is 12.2. The molecule has 0 aliphatic rings. The fourth-order valence-electron chi connectivity index (χ4n) is 3.01. The molecule has 0 saturated heterocycles. The lowest BCUT2D eigenvalue weighted by molar-refractivity contribution is -0.144. The van der Waals surface area contributed by atoms with Gasteiger partial charge in [0.15, 0.2) is 6.61 Å². The third kappa shape index (κ3) is 5.52. The van der Waals surface area contributed by atoms with Crippen LogP contribution in [0.1, 0.15) is 25.3 Å². The fraction of sp³-hybridized carbons (Fsp3) is 0.217. The van der Waals surface area contributed by atoms with Gasteiger partial charge in [-0.1, -0.05) is 67.9 Å². The standard InChI is InChI=1S/C23H22ClNO3S/c1-15(2)17-9-3-4-11-19(17)25-21(26)13-28-22(27)14-29-20-12-6-8-16-7-5-10-18(24)23(16)20/h3-12,15H,13-14H2,1-2H3,(H,25,26). The van der Waals surface area contributed by atoms with Crippen LogP contribution < -0.4 is 5.32 Å². The fourth-order valence-corrected chi connectivity index (χ4v) is 4.25. The van der Waals surface area contributed by atoms with Crippen molar-refractivity contribution in [2.24, 2.45) is 0 Å². The molecule has 3 rings (SSSR count). The molecule has 0 heterocycles. The predicted octanol–water partition coefficient (Wildman–Crippen LogP) is 5.89. The number of halogens is 1. The van der Waals surface area contributed by atoms with Gasteiger partial charge in [-0.25, -0.2) is 0 Å². The highest BCUT2D eigenvalue weighted by Gasteiger charge is 2.13. The molecule has 0 aliphatic heterocycles. The zero-order valence-electron chi connectivity index (χ0n) is 16.3. The molecule has 3 aromatic rings. The van der Waals surface area contributed by atoms with Crippen LogP contribution in [0.2, 0.25) is 5.02 Å². The number of hydrogen-bond acceptors (Lipinski definition) is 4. The van der Waals surface area contributed by atoms with Crippen molar-refractivity contribution in [2.45, 2.75) is 24.7 Å². The highest BCUT2D eigenvalue weighted by atomic mass is 35.5. The number of amides is 1. The van der Waals surface area contributed by atoms with Gasteiger partial charge in [-0.3, -0.25) is 9.59 Å². The molecule has 0 aliphatic carbocycles. The van der Waals surface area contributed by atoms with E-state index in [1.807, 2.05) is 60.7 Å². The first kappa shape index (κ1) is 21.2. The van der Waals surface area contributed by atoms with Gasteiger partial charge in [0.1, 0.15) is 0 Å². The summed E-state index contributed by atoms with van der Waals surface area (Å²) in [4.78, 5) is 25.2. The minimum Gasteiger partial charge on any atom is -0.455 e. The number of rotatable bonds is 7. The van der Waals surface area contributed by atoms with Crippen molar-refractivity contribution in [3.8, 4) is 0 Å². The van der Waals surface area contributed by atoms with E-state index in [0.29, 0.717) is 5.02 Å². The van der Waals surface area contributed by atoms with Gasteiger partial charge in [-0.15, -0.1) is 11.8 Å². The summed E-state index contributed by atoms with van der Waals surface area (Å²) in [6, 6.07) is 19.1. The summed E-state index contributed by atoms with van der Waals surface area (Å²) in [6.07, 6.45) is 0. The molecule has 1 N–H and O–H groups in total. The first-order chi connectivity index (χ1) is 14.0. The Morgan fingerprint density at radius 2 is 1.76 bits per heavy atom. The average molecular weight is 428 g/mol. The number of hydrogen-bond donors (Lipinski definition) is 1. The van der Waals surface area contributed by atoms with Gasteiger partial charge in [-0.2, -0.15) is 0 Å². The molecule has 29 heavy (non-hydrogen) atoms. The Bertz CT molecular complexity index is 1030. The van der Waals surface area contributed by atoms with Crippen molar-refractivity contribution in [1.82, 2.24) is 0 Å². The molecule has 1 amide bonds. The molecule has 0 aromatic heterocycles. The molecule has 0 fully saturated rings. The molecule has 0 atom stereocenters. The van der Waals surface area contributed by atoms with Crippen LogP contribution in [0.25, 0.3) is 10.8 Å². The second-order valence-electron chi connectivity index (χ2n) is 6.83. The SMILES string of the molecule is CC(C)c1ccccc1NC(=O)COC(=O)CSc1cccc2cccc(Cl)c12. The Kier molecular flexibility index (Phi) is 7.18. The monoisotopic (exact) mass is 427 g/mol. The van der Waals surface area contributed by atoms with Crippen molar-refractivity contribution in [2.75, 3.05) is 17.7 Å². The third-order valence-corrected chi connectivity index (χ3v) is 5.73. The van der Waals surface area contributed by atoms with Crippen LogP contribution >= 0.6 is 23.4 Å². The minimum atomic E-state index is -0.452. The molecule has 3 aromatic carbocycles. The Morgan fingerprint density at radius 3 is 2.52 bits per heavy atom. The molecule has 0 bridgehead atoms. The lowest BCUT2D eigenvalue weighted by Crippen LogP contribution is -2.22. The first-order valence-electron chi connectivity index (χ1n) is 9.30. The summed E-state index contributed by atoms with van der Waals surface area (Å²) < 4.78 is 5.14. The number of fused-ring (bicyclic) bond motifs is 1. The van der Waals surface area contributed by atoms with E-state index in [2.05, 4.69) is 19.2 Å². The van der Waals surface area contributed by atoms with Gasteiger partial charge in [0, 0.05) is 21.0 Å². The topological polar surface area (TPSA) is 55.4 Å². The summed E-state index contributed by atoms with van der Waals surface area (Å²) in [5, 5.41) is 5.38. The van der Waals surface area contributed by atoms with Gasteiger partial charge in [0.05, 0.1) is 5.75 Å². The van der Waals surface area contributed by atoms with Crippen molar-refractivity contribution in [1.29, 1.82) is 0 Å².